The second-order valence-corrected chi connectivity index (χ2v) is 9.18. The van der Waals surface area contributed by atoms with E-state index in [2.05, 4.69) is 22.6 Å². The fourth-order valence-corrected chi connectivity index (χ4v) is 4.91. The smallest absolute Gasteiger partial charge is 0.294 e. The van der Waals surface area contributed by atoms with Crippen molar-refractivity contribution in [3.63, 3.8) is 0 Å². The highest BCUT2D eigenvalue weighted by Crippen LogP contribution is 2.26. The van der Waals surface area contributed by atoms with Crippen LogP contribution in [0.25, 0.3) is 11.0 Å². The van der Waals surface area contributed by atoms with Gasteiger partial charge in [-0.1, -0.05) is 34.7 Å². The average Bonchev–Trinajstić information content (AvgIpc) is 3.19. The fourth-order valence-electron chi connectivity index (χ4n) is 2.94. The summed E-state index contributed by atoms with van der Waals surface area (Å²) in [6, 6.07) is 8.65. The Kier molecular flexibility index (Phi) is 6.70. The molecule has 0 saturated carbocycles. The third-order valence-electron chi connectivity index (χ3n) is 4.40. The normalized spacial score (nSPS) is 11.9. The summed E-state index contributed by atoms with van der Waals surface area (Å²) in [5.74, 6) is 0. The van der Waals surface area contributed by atoms with Gasteiger partial charge in [-0.3, -0.25) is 14.9 Å². The molecule has 0 atom stereocenters. The lowest BCUT2D eigenvalue weighted by Gasteiger charge is -2.22. The molecule has 0 amide bonds. The standard InChI is InChI=1S/C18H18IN3O6S/c19-8-3-9-21(29(26,27)16-5-2-1-4-15(16)22(24)25)12-11-20-10-6-14-7-13-28-17(14)18(20)23/h1-2,4-7,10,13H,3,8-9,11-12H2. The Labute approximate surface area is 180 Å². The van der Waals surface area contributed by atoms with E-state index in [1.165, 1.54) is 39.4 Å². The molecular weight excluding hydrogens is 513 g/mol. The van der Waals surface area contributed by atoms with Crippen LogP contribution in [0, 0.1) is 10.1 Å². The average molecular weight is 531 g/mol. The monoisotopic (exact) mass is 531 g/mol. The van der Waals surface area contributed by atoms with Crippen molar-refractivity contribution in [1.82, 2.24) is 8.87 Å². The molecule has 29 heavy (non-hydrogen) atoms. The number of nitro groups is 1. The number of hydrogen-bond acceptors (Lipinski definition) is 6. The van der Waals surface area contributed by atoms with E-state index >= 15 is 0 Å². The lowest BCUT2D eigenvalue weighted by molar-refractivity contribution is -0.387. The van der Waals surface area contributed by atoms with Crippen molar-refractivity contribution in [3.05, 3.63) is 69.3 Å². The quantitative estimate of drug-likeness (QED) is 0.182. The van der Waals surface area contributed by atoms with Gasteiger partial charge in [0.1, 0.15) is 0 Å². The number of nitro benzene ring substituents is 1. The van der Waals surface area contributed by atoms with Gasteiger partial charge in [-0.05, 0) is 24.6 Å². The molecule has 0 saturated heterocycles. The van der Waals surface area contributed by atoms with Crippen molar-refractivity contribution in [1.29, 1.82) is 0 Å². The van der Waals surface area contributed by atoms with Gasteiger partial charge in [0.15, 0.2) is 10.5 Å². The van der Waals surface area contributed by atoms with Crippen LogP contribution in [-0.2, 0) is 16.6 Å². The summed E-state index contributed by atoms with van der Waals surface area (Å²) < 4.78 is 34.8. The van der Waals surface area contributed by atoms with Gasteiger partial charge in [0, 0.05) is 41.7 Å². The Balaban J connectivity index is 1.92. The molecular formula is C18H18IN3O6S. The number of rotatable bonds is 9. The van der Waals surface area contributed by atoms with Crippen molar-refractivity contribution in [2.45, 2.75) is 17.9 Å². The van der Waals surface area contributed by atoms with Crippen molar-refractivity contribution >= 4 is 49.3 Å². The van der Waals surface area contributed by atoms with E-state index in [4.69, 9.17) is 4.42 Å². The number of alkyl halides is 1. The highest BCUT2D eigenvalue weighted by molar-refractivity contribution is 14.1. The van der Waals surface area contributed by atoms with Crippen LogP contribution in [0.2, 0.25) is 0 Å². The molecule has 0 unspecified atom stereocenters. The first kappa shape index (κ1) is 21.5. The van der Waals surface area contributed by atoms with Crippen molar-refractivity contribution in [3.8, 4) is 0 Å². The molecule has 0 N–H and O–H groups in total. The highest BCUT2D eigenvalue weighted by Gasteiger charge is 2.31. The zero-order valence-corrected chi connectivity index (χ0v) is 18.2. The molecule has 2 heterocycles. The molecule has 11 heteroatoms. The number of fused-ring (bicyclic) bond motifs is 1. The molecule has 0 spiro atoms. The minimum atomic E-state index is -4.11. The van der Waals surface area contributed by atoms with Gasteiger partial charge in [0.25, 0.3) is 11.2 Å². The summed E-state index contributed by atoms with van der Waals surface area (Å²) in [7, 11) is -4.11. The van der Waals surface area contributed by atoms with E-state index in [-0.39, 0.29) is 35.7 Å². The zero-order valence-electron chi connectivity index (χ0n) is 15.2. The molecule has 0 aliphatic heterocycles. The van der Waals surface area contributed by atoms with Gasteiger partial charge in [0.2, 0.25) is 10.0 Å². The number of aromatic nitrogens is 1. The third-order valence-corrected chi connectivity index (χ3v) is 7.10. The maximum absolute atomic E-state index is 13.2. The van der Waals surface area contributed by atoms with Crippen LogP contribution in [0.4, 0.5) is 5.69 Å². The Bertz CT molecular complexity index is 1190. The molecule has 0 aliphatic rings. The molecule has 154 valence electrons. The number of nitrogens with zero attached hydrogens (tertiary/aromatic N) is 3. The Morgan fingerprint density at radius 3 is 2.66 bits per heavy atom. The number of hydrogen-bond donors (Lipinski definition) is 0. The van der Waals surface area contributed by atoms with Crippen molar-refractivity contribution in [2.24, 2.45) is 0 Å². The first-order valence-electron chi connectivity index (χ1n) is 8.72. The summed E-state index contributed by atoms with van der Waals surface area (Å²) in [5.41, 5.74) is -0.626. The first-order chi connectivity index (χ1) is 13.9. The number of furan rings is 1. The van der Waals surface area contributed by atoms with E-state index in [0.717, 1.165) is 4.43 Å². The number of pyridine rings is 1. The molecule has 1 aromatic carbocycles. The molecule has 3 aromatic rings. The molecule has 2 aromatic heterocycles. The van der Waals surface area contributed by atoms with Gasteiger partial charge < -0.3 is 8.98 Å². The second-order valence-electron chi connectivity index (χ2n) is 6.19. The van der Waals surface area contributed by atoms with Gasteiger partial charge in [-0.15, -0.1) is 0 Å². The third kappa shape index (κ3) is 4.51. The summed E-state index contributed by atoms with van der Waals surface area (Å²) in [4.78, 5) is 22.7. The SMILES string of the molecule is O=c1c2occc2ccn1CCN(CCCI)S(=O)(=O)c1ccccc1[N+](=O)[O-]. The van der Waals surface area contributed by atoms with Crippen LogP contribution in [0.15, 0.2) is 63.0 Å². The molecule has 0 aliphatic carbocycles. The zero-order chi connectivity index (χ0) is 21.0. The molecule has 3 rings (SSSR count). The first-order valence-corrected chi connectivity index (χ1v) is 11.7. The lowest BCUT2D eigenvalue weighted by Crippen LogP contribution is -2.36. The second kappa shape index (κ2) is 9.05. The van der Waals surface area contributed by atoms with Crippen LogP contribution in [0.3, 0.4) is 0 Å². The maximum Gasteiger partial charge on any atom is 0.294 e. The molecule has 0 radical (unpaired) electrons. The van der Waals surface area contributed by atoms with E-state index in [9.17, 15) is 23.3 Å². The maximum atomic E-state index is 13.2. The summed E-state index contributed by atoms with van der Waals surface area (Å²) in [6.45, 7) is 0.281. The topological polar surface area (TPSA) is 116 Å². The lowest BCUT2D eigenvalue weighted by atomic mass is 10.3. The Morgan fingerprint density at radius 2 is 1.93 bits per heavy atom. The van der Waals surface area contributed by atoms with Gasteiger partial charge in [-0.2, -0.15) is 4.31 Å². The minimum absolute atomic E-state index is 0.00283. The Morgan fingerprint density at radius 1 is 1.17 bits per heavy atom. The van der Waals surface area contributed by atoms with Crippen LogP contribution in [0.5, 0.6) is 0 Å². The summed E-state index contributed by atoms with van der Waals surface area (Å²) in [5, 5.41) is 12.0. The van der Waals surface area contributed by atoms with Crippen LogP contribution < -0.4 is 5.56 Å². The minimum Gasteiger partial charge on any atom is -0.459 e. The van der Waals surface area contributed by atoms with E-state index in [0.29, 0.717) is 11.8 Å². The molecule has 9 nitrogen and oxygen atoms in total. The number of para-hydroxylation sites is 1. The summed E-state index contributed by atoms with van der Waals surface area (Å²) in [6.07, 6.45) is 3.57. The van der Waals surface area contributed by atoms with Crippen LogP contribution in [0.1, 0.15) is 6.42 Å². The highest BCUT2D eigenvalue weighted by atomic mass is 127. The van der Waals surface area contributed by atoms with Crippen molar-refractivity contribution < 1.29 is 17.8 Å². The predicted octanol–water partition coefficient (Wildman–Crippen LogP) is 3.02. The van der Waals surface area contributed by atoms with Crippen LogP contribution >= 0.6 is 22.6 Å². The largest absolute Gasteiger partial charge is 0.459 e. The summed E-state index contributed by atoms with van der Waals surface area (Å²) >= 11 is 2.14. The Hall–Kier alpha value is -2.25. The van der Waals surface area contributed by atoms with Gasteiger partial charge in [0.05, 0.1) is 11.2 Å². The van der Waals surface area contributed by atoms with Gasteiger partial charge >= 0.3 is 0 Å². The molecule has 0 bridgehead atoms. The fraction of sp³-hybridized carbons (Fsp3) is 0.278. The van der Waals surface area contributed by atoms with E-state index in [1.807, 2.05) is 0 Å². The number of benzene rings is 1. The predicted molar refractivity (Wildman–Crippen MR) is 116 cm³/mol. The van der Waals surface area contributed by atoms with Crippen molar-refractivity contribution in [2.75, 3.05) is 17.5 Å². The van der Waals surface area contributed by atoms with E-state index in [1.54, 1.807) is 18.3 Å². The molecule has 0 fully saturated rings. The van der Waals surface area contributed by atoms with Crippen LogP contribution in [-0.4, -0.2) is 39.7 Å². The number of sulfonamides is 1. The van der Waals surface area contributed by atoms with Gasteiger partial charge in [-0.25, -0.2) is 8.42 Å². The number of halogens is 1. The van der Waals surface area contributed by atoms with E-state index < -0.39 is 20.6 Å².